The van der Waals surface area contributed by atoms with Crippen LogP contribution in [0, 0.1) is 18.7 Å². The minimum Gasteiger partial charge on any atom is -0.362 e. The Morgan fingerprint density at radius 3 is 2.50 bits per heavy atom. The van der Waals surface area contributed by atoms with E-state index in [1.165, 1.54) is 18.2 Å². The summed E-state index contributed by atoms with van der Waals surface area (Å²) < 4.78 is 55.3. The molecule has 0 saturated carbocycles. The molecule has 3 heterocycles. The Hall–Kier alpha value is -2.63. The van der Waals surface area contributed by atoms with Crippen molar-refractivity contribution in [1.82, 2.24) is 14.9 Å². The first kappa shape index (κ1) is 24.5. The van der Waals surface area contributed by atoms with E-state index in [1.807, 2.05) is 26.1 Å². The van der Waals surface area contributed by atoms with Gasteiger partial charge in [-0.15, -0.1) is 0 Å². The number of thiazole rings is 1. The van der Waals surface area contributed by atoms with Crippen LogP contribution in [0.1, 0.15) is 37.1 Å². The molecule has 0 spiro atoms. The second-order valence-electron chi connectivity index (χ2n) is 8.40. The maximum absolute atomic E-state index is 14.2. The molecule has 11 heteroatoms. The number of pyridine rings is 1. The van der Waals surface area contributed by atoms with Gasteiger partial charge in [0.25, 0.3) is 10.0 Å². The van der Waals surface area contributed by atoms with Crippen LogP contribution >= 0.6 is 11.3 Å². The van der Waals surface area contributed by atoms with Crippen molar-refractivity contribution in [3.05, 3.63) is 65.5 Å². The third-order valence-corrected chi connectivity index (χ3v) is 9.19. The zero-order chi connectivity index (χ0) is 24.5. The van der Waals surface area contributed by atoms with Crippen LogP contribution in [0.15, 0.2) is 46.8 Å². The number of rotatable bonds is 7. The number of halogens is 2. The zero-order valence-corrected chi connectivity index (χ0v) is 20.8. The molecule has 1 saturated heterocycles. The Bertz CT molecular complexity index is 1260. The zero-order valence-electron chi connectivity index (χ0n) is 19.2. The molecule has 1 atom stereocenters. The van der Waals surface area contributed by atoms with E-state index >= 15 is 0 Å². The summed E-state index contributed by atoms with van der Waals surface area (Å²) in [6, 6.07) is 11.0. The van der Waals surface area contributed by atoms with Gasteiger partial charge in [-0.1, -0.05) is 35.6 Å². The Balaban J connectivity index is 1.43. The van der Waals surface area contributed by atoms with Gasteiger partial charge in [0.1, 0.15) is 16.6 Å². The van der Waals surface area contributed by atoms with E-state index < -0.39 is 16.0 Å². The highest BCUT2D eigenvalue weighted by Crippen LogP contribution is 2.35. The van der Waals surface area contributed by atoms with Crippen molar-refractivity contribution in [2.24, 2.45) is 0 Å². The number of aromatic nitrogens is 2. The number of anilines is 2. The topological polar surface area (TPSA) is 78.4 Å². The standard InChI is InChI=1S/C23H27F2N5O2S2/c1-15-22(33-23(26-15)34(31,32)28-21-10-6-9-20(25)27-21)29(3)17-11-13-30(14-12-17)16(2)18-7-4-5-8-19(18)24/h4-10,16-17H,11-14H2,1-3H3,(H,27,28)/t16-/m1/s1. The number of nitrogens with one attached hydrogen (secondary N) is 1. The highest BCUT2D eigenvalue weighted by Gasteiger charge is 2.30. The molecule has 182 valence electrons. The first-order chi connectivity index (χ1) is 16.2. The van der Waals surface area contributed by atoms with Gasteiger partial charge in [-0.2, -0.15) is 12.8 Å². The van der Waals surface area contributed by atoms with E-state index in [0.29, 0.717) is 11.3 Å². The van der Waals surface area contributed by atoms with Crippen molar-refractivity contribution in [3.8, 4) is 0 Å². The number of hydrogen-bond acceptors (Lipinski definition) is 7. The molecule has 0 aliphatic carbocycles. The molecule has 1 N–H and O–H groups in total. The van der Waals surface area contributed by atoms with Crippen LogP contribution in [0.3, 0.4) is 0 Å². The quantitative estimate of drug-likeness (QED) is 0.472. The molecule has 1 aliphatic heterocycles. The summed E-state index contributed by atoms with van der Waals surface area (Å²) in [6.45, 7) is 5.41. The second kappa shape index (κ2) is 9.93. The fraction of sp³-hybridized carbons (Fsp3) is 0.391. The van der Waals surface area contributed by atoms with Crippen LogP contribution < -0.4 is 9.62 Å². The minimum atomic E-state index is -3.99. The van der Waals surface area contributed by atoms with E-state index in [-0.39, 0.29) is 28.1 Å². The monoisotopic (exact) mass is 507 g/mol. The molecular weight excluding hydrogens is 480 g/mol. The molecule has 1 fully saturated rings. The van der Waals surface area contributed by atoms with Gasteiger partial charge in [-0.25, -0.2) is 14.4 Å². The predicted molar refractivity (Wildman–Crippen MR) is 130 cm³/mol. The summed E-state index contributed by atoms with van der Waals surface area (Å²) in [6.07, 6.45) is 1.72. The molecule has 0 bridgehead atoms. The van der Waals surface area contributed by atoms with Crippen molar-refractivity contribution in [2.75, 3.05) is 29.8 Å². The molecule has 0 unspecified atom stereocenters. The van der Waals surface area contributed by atoms with Crippen molar-refractivity contribution >= 4 is 32.2 Å². The summed E-state index contributed by atoms with van der Waals surface area (Å²) in [5.74, 6) is -1.06. The summed E-state index contributed by atoms with van der Waals surface area (Å²) in [4.78, 5) is 12.2. The first-order valence-corrected chi connectivity index (χ1v) is 13.3. The number of aryl methyl sites for hydroxylation is 1. The normalized spacial score (nSPS) is 16.4. The number of hydrogen-bond donors (Lipinski definition) is 1. The van der Waals surface area contributed by atoms with Gasteiger partial charge in [0.2, 0.25) is 10.3 Å². The Morgan fingerprint density at radius 2 is 1.82 bits per heavy atom. The minimum absolute atomic E-state index is 0.0168. The average Bonchev–Trinajstić information content (AvgIpc) is 3.21. The second-order valence-corrected chi connectivity index (χ2v) is 11.2. The largest absolute Gasteiger partial charge is 0.362 e. The maximum Gasteiger partial charge on any atom is 0.290 e. The van der Waals surface area contributed by atoms with Crippen LogP contribution in [0.2, 0.25) is 0 Å². The molecule has 7 nitrogen and oxygen atoms in total. The summed E-state index contributed by atoms with van der Waals surface area (Å²) in [5.41, 5.74) is 1.31. The van der Waals surface area contributed by atoms with Crippen molar-refractivity contribution in [3.63, 3.8) is 0 Å². The summed E-state index contributed by atoms with van der Waals surface area (Å²) >= 11 is 1.08. The van der Waals surface area contributed by atoms with Crippen LogP contribution in [-0.2, 0) is 10.0 Å². The van der Waals surface area contributed by atoms with Crippen molar-refractivity contribution in [2.45, 2.75) is 43.1 Å². The number of sulfonamides is 1. The van der Waals surface area contributed by atoms with Gasteiger partial charge >= 0.3 is 0 Å². The SMILES string of the molecule is Cc1nc(S(=O)(=O)Nc2cccc(F)n2)sc1N(C)C1CCN([C@H](C)c2ccccc2F)CC1. The number of nitrogens with zero attached hydrogens (tertiary/aromatic N) is 4. The Morgan fingerprint density at radius 1 is 1.12 bits per heavy atom. The van der Waals surface area contributed by atoms with Crippen LogP contribution in [-0.4, -0.2) is 49.5 Å². The average molecular weight is 508 g/mol. The lowest BCUT2D eigenvalue weighted by atomic mass is 9.99. The highest BCUT2D eigenvalue weighted by molar-refractivity contribution is 7.94. The lowest BCUT2D eigenvalue weighted by molar-refractivity contribution is 0.159. The molecule has 2 aromatic heterocycles. The van der Waals surface area contributed by atoms with Crippen molar-refractivity contribution < 1.29 is 17.2 Å². The van der Waals surface area contributed by atoms with Gasteiger partial charge in [0.05, 0.1) is 5.69 Å². The third kappa shape index (κ3) is 5.21. The smallest absolute Gasteiger partial charge is 0.290 e. The van der Waals surface area contributed by atoms with Crippen molar-refractivity contribution in [1.29, 1.82) is 0 Å². The lowest BCUT2D eigenvalue weighted by Gasteiger charge is -2.40. The molecule has 34 heavy (non-hydrogen) atoms. The molecule has 1 aliphatic rings. The van der Waals surface area contributed by atoms with E-state index in [1.54, 1.807) is 13.0 Å². The fourth-order valence-corrected chi connectivity index (χ4v) is 6.66. The van der Waals surface area contributed by atoms with Gasteiger partial charge < -0.3 is 4.90 Å². The summed E-state index contributed by atoms with van der Waals surface area (Å²) in [7, 11) is -2.05. The van der Waals surface area contributed by atoms with Gasteiger partial charge in [-0.05, 0) is 44.9 Å². The molecule has 0 radical (unpaired) electrons. The molecule has 1 aromatic carbocycles. The van der Waals surface area contributed by atoms with E-state index in [0.717, 1.165) is 48.3 Å². The molecule has 0 amide bonds. The van der Waals surface area contributed by atoms with Crippen LogP contribution in [0.25, 0.3) is 0 Å². The number of likely N-dealkylation sites (tertiary alicyclic amines) is 1. The van der Waals surface area contributed by atoms with E-state index in [9.17, 15) is 17.2 Å². The fourth-order valence-electron chi connectivity index (χ4n) is 4.29. The Labute approximate surface area is 202 Å². The molecular formula is C23H27F2N5O2S2. The van der Waals surface area contributed by atoms with Crippen LogP contribution in [0.5, 0.6) is 0 Å². The van der Waals surface area contributed by atoms with Crippen LogP contribution in [0.4, 0.5) is 19.6 Å². The van der Waals surface area contributed by atoms with E-state index in [4.69, 9.17) is 0 Å². The maximum atomic E-state index is 14.2. The Kier molecular flexibility index (Phi) is 7.15. The number of benzene rings is 1. The predicted octanol–water partition coefficient (Wildman–Crippen LogP) is 4.59. The summed E-state index contributed by atoms with van der Waals surface area (Å²) in [5, 5.41) is 0.771. The number of piperidine rings is 1. The van der Waals surface area contributed by atoms with Gasteiger partial charge in [-0.3, -0.25) is 9.62 Å². The third-order valence-electron chi connectivity index (χ3n) is 6.21. The molecule has 3 aromatic rings. The van der Waals surface area contributed by atoms with Gasteiger partial charge in [0.15, 0.2) is 0 Å². The highest BCUT2D eigenvalue weighted by atomic mass is 32.2. The lowest BCUT2D eigenvalue weighted by Crippen LogP contribution is -2.44. The van der Waals surface area contributed by atoms with Gasteiger partial charge in [0, 0.05) is 37.8 Å². The van der Waals surface area contributed by atoms with E-state index in [2.05, 4.69) is 24.5 Å². The first-order valence-electron chi connectivity index (χ1n) is 11.0. The molecule has 4 rings (SSSR count).